The summed E-state index contributed by atoms with van der Waals surface area (Å²) in [6.07, 6.45) is 2.76. The molecule has 0 aliphatic carbocycles. The molecule has 0 aromatic heterocycles. The number of hydrogen-bond donors (Lipinski definition) is 1. The average molecular weight is 226 g/mol. The zero-order valence-electron chi connectivity index (χ0n) is 11.8. The Morgan fingerprint density at radius 3 is 2.44 bits per heavy atom. The fraction of sp³-hybridized carbons (Fsp3) is 1.00. The molecule has 2 nitrogen and oxygen atoms in total. The lowest BCUT2D eigenvalue weighted by Crippen LogP contribution is -2.43. The van der Waals surface area contributed by atoms with Gasteiger partial charge in [0.15, 0.2) is 0 Å². The smallest absolute Gasteiger partial charge is 0.0221 e. The first-order valence-corrected chi connectivity index (χ1v) is 6.98. The number of likely N-dealkylation sites (tertiary alicyclic amines) is 1. The van der Waals surface area contributed by atoms with Gasteiger partial charge in [-0.25, -0.2) is 0 Å². The van der Waals surface area contributed by atoms with Crippen molar-refractivity contribution in [1.82, 2.24) is 10.2 Å². The van der Waals surface area contributed by atoms with Crippen molar-refractivity contribution in [3.05, 3.63) is 0 Å². The van der Waals surface area contributed by atoms with Gasteiger partial charge in [-0.15, -0.1) is 0 Å². The highest BCUT2D eigenvalue weighted by molar-refractivity contribution is 4.82. The number of nitrogens with zero attached hydrogens (tertiary/aromatic N) is 1. The van der Waals surface area contributed by atoms with E-state index in [1.54, 1.807) is 0 Å². The molecule has 1 aliphatic rings. The summed E-state index contributed by atoms with van der Waals surface area (Å²) in [6.45, 7) is 15.3. The van der Waals surface area contributed by atoms with Gasteiger partial charge in [-0.3, -0.25) is 4.90 Å². The van der Waals surface area contributed by atoms with Crippen molar-refractivity contribution in [3.8, 4) is 0 Å². The van der Waals surface area contributed by atoms with Gasteiger partial charge in [-0.2, -0.15) is 0 Å². The molecule has 1 saturated heterocycles. The van der Waals surface area contributed by atoms with Gasteiger partial charge < -0.3 is 5.32 Å². The van der Waals surface area contributed by atoms with E-state index in [1.165, 1.54) is 32.5 Å². The minimum absolute atomic E-state index is 0.640. The highest BCUT2D eigenvalue weighted by Crippen LogP contribution is 2.18. The van der Waals surface area contributed by atoms with Crippen LogP contribution in [0.5, 0.6) is 0 Å². The summed E-state index contributed by atoms with van der Waals surface area (Å²) in [6, 6.07) is 1.42. The molecule has 1 N–H and O–H groups in total. The molecule has 0 amide bonds. The van der Waals surface area contributed by atoms with Gasteiger partial charge in [0, 0.05) is 25.2 Å². The van der Waals surface area contributed by atoms with Gasteiger partial charge in [0.05, 0.1) is 0 Å². The third kappa shape index (κ3) is 4.42. The number of hydrogen-bond acceptors (Lipinski definition) is 2. The van der Waals surface area contributed by atoms with Crippen LogP contribution in [0.25, 0.3) is 0 Å². The monoisotopic (exact) mass is 226 g/mol. The molecular formula is C14H30N2. The van der Waals surface area contributed by atoms with Crippen molar-refractivity contribution in [2.45, 2.75) is 59.5 Å². The Labute approximate surface area is 102 Å². The van der Waals surface area contributed by atoms with E-state index in [9.17, 15) is 0 Å². The lowest BCUT2D eigenvalue weighted by atomic mass is 10.1. The zero-order chi connectivity index (χ0) is 12.1. The van der Waals surface area contributed by atoms with Crippen molar-refractivity contribution in [2.24, 2.45) is 11.8 Å². The Morgan fingerprint density at radius 1 is 1.19 bits per heavy atom. The molecule has 96 valence electrons. The Kier molecular flexibility index (Phi) is 5.77. The van der Waals surface area contributed by atoms with Gasteiger partial charge in [0.2, 0.25) is 0 Å². The highest BCUT2D eigenvalue weighted by Gasteiger charge is 2.24. The summed E-state index contributed by atoms with van der Waals surface area (Å²) in [7, 11) is 0. The van der Waals surface area contributed by atoms with Crippen LogP contribution >= 0.6 is 0 Å². The van der Waals surface area contributed by atoms with Crippen LogP contribution in [0.1, 0.15) is 47.5 Å². The SMILES string of the molecule is CC(C)CN1CCC[C@H]1CNC(C)C(C)C. The fourth-order valence-electron chi connectivity index (χ4n) is 2.39. The lowest BCUT2D eigenvalue weighted by Gasteiger charge is -2.28. The summed E-state index contributed by atoms with van der Waals surface area (Å²) in [4.78, 5) is 2.67. The first kappa shape index (κ1) is 14.0. The molecule has 2 atom stereocenters. The molecule has 1 heterocycles. The van der Waals surface area contributed by atoms with Crippen molar-refractivity contribution >= 4 is 0 Å². The molecule has 1 unspecified atom stereocenters. The van der Waals surface area contributed by atoms with E-state index in [0.717, 1.165) is 17.9 Å². The molecule has 2 heteroatoms. The second kappa shape index (κ2) is 6.61. The van der Waals surface area contributed by atoms with Gasteiger partial charge in [0.25, 0.3) is 0 Å². The lowest BCUT2D eigenvalue weighted by molar-refractivity contribution is 0.214. The number of rotatable bonds is 6. The second-order valence-electron chi connectivity index (χ2n) is 6.13. The molecule has 0 aromatic carbocycles. The third-order valence-electron chi connectivity index (χ3n) is 3.77. The van der Waals surface area contributed by atoms with Crippen molar-refractivity contribution < 1.29 is 0 Å². The molecule has 1 aliphatic heterocycles. The van der Waals surface area contributed by atoms with Crippen LogP contribution < -0.4 is 5.32 Å². The fourth-order valence-corrected chi connectivity index (χ4v) is 2.39. The standard InChI is InChI=1S/C14H30N2/c1-11(2)10-16-8-6-7-14(16)9-15-13(5)12(3)4/h11-15H,6-10H2,1-5H3/t13?,14-/m0/s1. The minimum Gasteiger partial charge on any atom is -0.312 e. The molecule has 1 rings (SSSR count). The van der Waals surface area contributed by atoms with Crippen LogP contribution in [0.4, 0.5) is 0 Å². The zero-order valence-corrected chi connectivity index (χ0v) is 11.8. The van der Waals surface area contributed by atoms with Crippen LogP contribution in [0, 0.1) is 11.8 Å². The summed E-state index contributed by atoms with van der Waals surface area (Å²) in [5.41, 5.74) is 0. The first-order valence-electron chi connectivity index (χ1n) is 6.98. The molecule has 0 bridgehead atoms. The van der Waals surface area contributed by atoms with Gasteiger partial charge >= 0.3 is 0 Å². The van der Waals surface area contributed by atoms with Crippen molar-refractivity contribution in [3.63, 3.8) is 0 Å². The maximum absolute atomic E-state index is 3.69. The maximum atomic E-state index is 3.69. The summed E-state index contributed by atoms with van der Waals surface area (Å²) >= 11 is 0. The largest absolute Gasteiger partial charge is 0.312 e. The third-order valence-corrected chi connectivity index (χ3v) is 3.77. The van der Waals surface area contributed by atoms with Crippen LogP contribution in [0.2, 0.25) is 0 Å². The molecule has 0 saturated carbocycles. The molecule has 0 spiro atoms. The summed E-state index contributed by atoms with van der Waals surface area (Å²) < 4.78 is 0. The van der Waals surface area contributed by atoms with Crippen molar-refractivity contribution in [2.75, 3.05) is 19.6 Å². The van der Waals surface area contributed by atoms with Gasteiger partial charge in [-0.05, 0) is 38.1 Å². The van der Waals surface area contributed by atoms with E-state index in [-0.39, 0.29) is 0 Å². The highest BCUT2D eigenvalue weighted by atomic mass is 15.2. The molecular weight excluding hydrogens is 196 g/mol. The summed E-state index contributed by atoms with van der Waals surface area (Å²) in [5, 5.41) is 3.69. The van der Waals surface area contributed by atoms with Gasteiger partial charge in [0.1, 0.15) is 0 Å². The van der Waals surface area contributed by atoms with Crippen LogP contribution in [-0.2, 0) is 0 Å². The predicted molar refractivity (Wildman–Crippen MR) is 71.7 cm³/mol. The molecule has 1 fully saturated rings. The van der Waals surface area contributed by atoms with E-state index in [0.29, 0.717) is 6.04 Å². The first-order chi connectivity index (χ1) is 7.50. The van der Waals surface area contributed by atoms with Crippen LogP contribution in [0.3, 0.4) is 0 Å². The van der Waals surface area contributed by atoms with E-state index < -0.39 is 0 Å². The Bertz CT molecular complexity index is 189. The van der Waals surface area contributed by atoms with E-state index in [4.69, 9.17) is 0 Å². The van der Waals surface area contributed by atoms with E-state index in [1.807, 2.05) is 0 Å². The summed E-state index contributed by atoms with van der Waals surface area (Å²) in [5.74, 6) is 1.53. The van der Waals surface area contributed by atoms with Crippen LogP contribution in [-0.4, -0.2) is 36.6 Å². The number of nitrogens with one attached hydrogen (secondary N) is 1. The predicted octanol–water partition coefficient (Wildman–Crippen LogP) is 2.74. The van der Waals surface area contributed by atoms with Crippen LogP contribution in [0.15, 0.2) is 0 Å². The molecule has 0 aromatic rings. The maximum Gasteiger partial charge on any atom is 0.0221 e. The topological polar surface area (TPSA) is 15.3 Å². The van der Waals surface area contributed by atoms with E-state index in [2.05, 4.69) is 44.8 Å². The Balaban J connectivity index is 2.29. The molecule has 16 heavy (non-hydrogen) atoms. The van der Waals surface area contributed by atoms with Gasteiger partial charge in [-0.1, -0.05) is 27.7 Å². The second-order valence-corrected chi connectivity index (χ2v) is 6.13. The minimum atomic E-state index is 0.640. The average Bonchev–Trinajstić information content (AvgIpc) is 2.60. The Hall–Kier alpha value is -0.0800. The normalized spacial score (nSPS) is 24.6. The quantitative estimate of drug-likeness (QED) is 0.749. The molecule has 0 radical (unpaired) electrons. The van der Waals surface area contributed by atoms with E-state index >= 15 is 0 Å². The van der Waals surface area contributed by atoms with Crippen molar-refractivity contribution in [1.29, 1.82) is 0 Å². The Morgan fingerprint density at radius 2 is 1.88 bits per heavy atom.